The van der Waals surface area contributed by atoms with E-state index in [1.807, 2.05) is 5.38 Å². The van der Waals surface area contributed by atoms with Crippen molar-refractivity contribution < 1.29 is 19.1 Å². The number of hydrogen-bond acceptors (Lipinski definition) is 6. The van der Waals surface area contributed by atoms with Crippen molar-refractivity contribution >= 4 is 34.6 Å². The van der Waals surface area contributed by atoms with E-state index in [-0.39, 0.29) is 18.5 Å². The van der Waals surface area contributed by atoms with Crippen LogP contribution in [0.25, 0.3) is 0 Å². The van der Waals surface area contributed by atoms with Crippen molar-refractivity contribution in [1.82, 2.24) is 9.88 Å². The first-order valence-electron chi connectivity index (χ1n) is 7.40. The van der Waals surface area contributed by atoms with Crippen molar-refractivity contribution in [2.24, 2.45) is 0 Å². The molecule has 0 saturated heterocycles. The molecule has 0 fully saturated rings. The van der Waals surface area contributed by atoms with Gasteiger partial charge in [0.2, 0.25) is 5.91 Å². The Hall–Kier alpha value is -2.65. The maximum Gasteiger partial charge on any atom is 0.321 e. The summed E-state index contributed by atoms with van der Waals surface area (Å²) in [6.07, 6.45) is 1.70. The molecule has 2 rings (SSSR count). The van der Waals surface area contributed by atoms with Crippen LogP contribution in [0.2, 0.25) is 0 Å². The molecule has 0 bridgehead atoms. The van der Waals surface area contributed by atoms with Gasteiger partial charge < -0.3 is 25.0 Å². The number of rotatable bonds is 7. The Morgan fingerprint density at radius 3 is 2.72 bits per heavy atom. The number of nitrogens with one attached hydrogen (secondary N) is 2. The zero-order valence-electron chi connectivity index (χ0n) is 14.2. The molecule has 25 heavy (non-hydrogen) atoms. The molecule has 1 aromatic carbocycles. The van der Waals surface area contributed by atoms with Crippen LogP contribution in [0.15, 0.2) is 29.8 Å². The lowest BCUT2D eigenvalue weighted by molar-refractivity contribution is -0.119. The molecule has 2 aromatic rings. The van der Waals surface area contributed by atoms with Crippen LogP contribution in [0.1, 0.15) is 5.01 Å². The third-order valence-electron chi connectivity index (χ3n) is 3.20. The molecule has 0 saturated carbocycles. The standard InChI is InChI=1S/C16H20N4O4S/c1-20(9-15-17-6-7-25-15)16(22)18-11-4-5-13(24-3)12(8-11)19-14(21)10-23-2/h4-8H,9-10H2,1-3H3,(H,18,22)(H,19,21). The second kappa shape index (κ2) is 9.00. The van der Waals surface area contributed by atoms with E-state index >= 15 is 0 Å². The predicted molar refractivity (Wildman–Crippen MR) is 96.1 cm³/mol. The van der Waals surface area contributed by atoms with Crippen molar-refractivity contribution in [3.8, 4) is 5.75 Å². The smallest absolute Gasteiger partial charge is 0.321 e. The number of carbonyl (C=O) groups is 2. The lowest BCUT2D eigenvalue weighted by Gasteiger charge is -2.18. The van der Waals surface area contributed by atoms with E-state index in [1.165, 1.54) is 30.5 Å². The largest absolute Gasteiger partial charge is 0.495 e. The molecule has 0 aliphatic carbocycles. The van der Waals surface area contributed by atoms with E-state index in [9.17, 15) is 9.59 Å². The monoisotopic (exact) mass is 364 g/mol. The van der Waals surface area contributed by atoms with Gasteiger partial charge in [0, 0.05) is 31.4 Å². The highest BCUT2D eigenvalue weighted by Crippen LogP contribution is 2.28. The molecule has 0 atom stereocenters. The fourth-order valence-electron chi connectivity index (χ4n) is 2.03. The van der Waals surface area contributed by atoms with Gasteiger partial charge in [-0.1, -0.05) is 0 Å². The van der Waals surface area contributed by atoms with Crippen LogP contribution in [0.4, 0.5) is 16.2 Å². The second-order valence-corrected chi connectivity index (χ2v) is 6.09. The van der Waals surface area contributed by atoms with E-state index < -0.39 is 0 Å². The third-order valence-corrected chi connectivity index (χ3v) is 3.97. The number of aromatic nitrogens is 1. The first kappa shape index (κ1) is 18.7. The molecule has 134 valence electrons. The lowest BCUT2D eigenvalue weighted by atomic mass is 10.2. The number of nitrogens with zero attached hydrogens (tertiary/aromatic N) is 2. The number of methoxy groups -OCH3 is 2. The minimum atomic E-state index is -0.315. The van der Waals surface area contributed by atoms with E-state index in [0.717, 1.165) is 5.01 Å². The number of ether oxygens (including phenoxy) is 2. The van der Waals surface area contributed by atoms with E-state index in [2.05, 4.69) is 15.6 Å². The SMILES string of the molecule is COCC(=O)Nc1cc(NC(=O)N(C)Cc2nccs2)ccc1OC. The molecule has 0 radical (unpaired) electrons. The second-order valence-electron chi connectivity index (χ2n) is 5.11. The van der Waals surface area contributed by atoms with Crippen molar-refractivity contribution in [2.75, 3.05) is 38.5 Å². The molecular weight excluding hydrogens is 344 g/mol. The number of thiazole rings is 1. The van der Waals surface area contributed by atoms with Gasteiger partial charge in [-0.05, 0) is 18.2 Å². The summed E-state index contributed by atoms with van der Waals surface area (Å²) < 4.78 is 10.0. The summed E-state index contributed by atoms with van der Waals surface area (Å²) in [5.41, 5.74) is 0.981. The summed E-state index contributed by atoms with van der Waals surface area (Å²) in [6.45, 7) is 0.341. The number of hydrogen-bond donors (Lipinski definition) is 2. The van der Waals surface area contributed by atoms with E-state index in [0.29, 0.717) is 23.7 Å². The molecule has 1 heterocycles. The number of carbonyl (C=O) groups excluding carboxylic acids is 2. The van der Waals surface area contributed by atoms with Crippen molar-refractivity contribution in [3.05, 3.63) is 34.8 Å². The predicted octanol–water partition coefficient (Wildman–Crippen LogP) is 2.40. The number of amides is 3. The van der Waals surface area contributed by atoms with Gasteiger partial charge in [0.05, 0.1) is 19.3 Å². The lowest BCUT2D eigenvalue weighted by Crippen LogP contribution is -2.30. The Morgan fingerprint density at radius 2 is 2.08 bits per heavy atom. The Morgan fingerprint density at radius 1 is 1.28 bits per heavy atom. The van der Waals surface area contributed by atoms with Crippen molar-refractivity contribution in [1.29, 1.82) is 0 Å². The van der Waals surface area contributed by atoms with Gasteiger partial charge in [0.15, 0.2) is 0 Å². The quantitative estimate of drug-likeness (QED) is 0.787. The zero-order chi connectivity index (χ0) is 18.2. The first-order chi connectivity index (χ1) is 12.0. The Kier molecular flexibility index (Phi) is 6.72. The Labute approximate surface area is 149 Å². The summed E-state index contributed by atoms with van der Waals surface area (Å²) in [5, 5.41) is 8.16. The van der Waals surface area contributed by atoms with Crippen LogP contribution in [0.5, 0.6) is 5.75 Å². The van der Waals surface area contributed by atoms with Crippen LogP contribution >= 0.6 is 11.3 Å². The van der Waals surface area contributed by atoms with Gasteiger partial charge >= 0.3 is 6.03 Å². The van der Waals surface area contributed by atoms with E-state index in [4.69, 9.17) is 9.47 Å². The normalized spacial score (nSPS) is 10.2. The van der Waals surface area contributed by atoms with Crippen LogP contribution < -0.4 is 15.4 Å². The highest BCUT2D eigenvalue weighted by molar-refractivity contribution is 7.09. The van der Waals surface area contributed by atoms with Gasteiger partial charge in [-0.15, -0.1) is 11.3 Å². The van der Waals surface area contributed by atoms with Gasteiger partial charge in [-0.3, -0.25) is 4.79 Å². The summed E-state index contributed by atoms with van der Waals surface area (Å²) in [6, 6.07) is 4.70. The minimum absolute atomic E-state index is 0.0731. The molecule has 0 unspecified atom stereocenters. The highest BCUT2D eigenvalue weighted by Gasteiger charge is 2.13. The molecule has 3 amide bonds. The molecule has 0 aliphatic heterocycles. The number of urea groups is 1. The maximum atomic E-state index is 12.3. The Bertz CT molecular complexity index is 721. The van der Waals surface area contributed by atoms with Gasteiger partial charge in [0.25, 0.3) is 0 Å². The number of benzene rings is 1. The van der Waals surface area contributed by atoms with Crippen molar-refractivity contribution in [3.63, 3.8) is 0 Å². The third kappa shape index (κ3) is 5.44. The van der Waals surface area contributed by atoms with Crippen LogP contribution in [-0.2, 0) is 16.1 Å². The maximum absolute atomic E-state index is 12.3. The molecule has 0 spiro atoms. The Balaban J connectivity index is 2.05. The molecular formula is C16H20N4O4S. The summed E-state index contributed by atoms with van der Waals surface area (Å²) in [7, 11) is 4.62. The average molecular weight is 364 g/mol. The van der Waals surface area contributed by atoms with Gasteiger partial charge in [-0.2, -0.15) is 0 Å². The van der Waals surface area contributed by atoms with Crippen LogP contribution in [-0.4, -0.2) is 49.7 Å². The van der Waals surface area contributed by atoms with Crippen molar-refractivity contribution in [2.45, 2.75) is 6.54 Å². The van der Waals surface area contributed by atoms with Gasteiger partial charge in [0.1, 0.15) is 17.4 Å². The molecule has 2 N–H and O–H groups in total. The minimum Gasteiger partial charge on any atom is -0.495 e. The summed E-state index contributed by atoms with van der Waals surface area (Å²) >= 11 is 1.49. The van der Waals surface area contributed by atoms with Crippen LogP contribution in [0, 0.1) is 0 Å². The average Bonchev–Trinajstić information content (AvgIpc) is 3.08. The van der Waals surface area contributed by atoms with E-state index in [1.54, 1.807) is 31.4 Å². The molecule has 0 aliphatic rings. The highest BCUT2D eigenvalue weighted by atomic mass is 32.1. The fourth-order valence-corrected chi connectivity index (χ4v) is 2.69. The van der Waals surface area contributed by atoms with Crippen LogP contribution in [0.3, 0.4) is 0 Å². The summed E-state index contributed by atoms with van der Waals surface area (Å²) in [5.74, 6) is 0.170. The molecule has 1 aromatic heterocycles. The summed E-state index contributed by atoms with van der Waals surface area (Å²) in [4.78, 5) is 29.7. The molecule has 9 heteroatoms. The molecule has 8 nitrogen and oxygen atoms in total. The zero-order valence-corrected chi connectivity index (χ0v) is 15.1. The number of anilines is 2. The van der Waals surface area contributed by atoms with Gasteiger partial charge in [-0.25, -0.2) is 9.78 Å². The first-order valence-corrected chi connectivity index (χ1v) is 8.28. The topological polar surface area (TPSA) is 92.8 Å². The fraction of sp³-hybridized carbons (Fsp3) is 0.312.